The molecule has 0 aromatic carbocycles. The molecule has 1 fully saturated rings. The summed E-state index contributed by atoms with van der Waals surface area (Å²) in [5, 5.41) is 0. The maximum absolute atomic E-state index is 12.3. The van der Waals surface area contributed by atoms with Crippen LogP contribution in [0, 0.1) is 11.8 Å². The molecule has 1 aliphatic carbocycles. The van der Waals surface area contributed by atoms with Crippen molar-refractivity contribution < 1.29 is 14.3 Å². The van der Waals surface area contributed by atoms with Crippen molar-refractivity contribution in [1.82, 2.24) is 4.90 Å². The molecule has 4 heteroatoms. The molecule has 1 aliphatic heterocycles. The number of rotatable bonds is 2. The lowest BCUT2D eigenvalue weighted by molar-refractivity contribution is -0.149. The minimum atomic E-state index is -0.184. The molecule has 0 aromatic rings. The van der Waals surface area contributed by atoms with Gasteiger partial charge in [-0.1, -0.05) is 12.2 Å². The Kier molecular flexibility index (Phi) is 4.39. The number of hydrogen-bond donors (Lipinski definition) is 0. The van der Waals surface area contributed by atoms with Crippen molar-refractivity contribution in [2.24, 2.45) is 11.8 Å². The van der Waals surface area contributed by atoms with Gasteiger partial charge < -0.3 is 9.64 Å². The number of esters is 1. The second-order valence-corrected chi connectivity index (χ2v) is 5.13. The number of methoxy groups -OCH3 is 1. The molecule has 1 heterocycles. The Labute approximate surface area is 108 Å². The van der Waals surface area contributed by atoms with Gasteiger partial charge in [0, 0.05) is 19.0 Å². The minimum Gasteiger partial charge on any atom is -0.469 e. The summed E-state index contributed by atoms with van der Waals surface area (Å²) in [4.78, 5) is 25.7. The fourth-order valence-electron chi connectivity index (χ4n) is 2.81. The highest BCUT2D eigenvalue weighted by Gasteiger charge is 2.31. The van der Waals surface area contributed by atoms with E-state index in [0.29, 0.717) is 6.54 Å². The molecule has 0 saturated carbocycles. The average Bonchev–Trinajstić information content (AvgIpc) is 2.46. The third-order valence-corrected chi connectivity index (χ3v) is 3.89. The summed E-state index contributed by atoms with van der Waals surface area (Å²) >= 11 is 0. The van der Waals surface area contributed by atoms with Crippen LogP contribution in [0.5, 0.6) is 0 Å². The molecule has 2 aliphatic rings. The molecule has 4 nitrogen and oxygen atoms in total. The Morgan fingerprint density at radius 3 is 2.72 bits per heavy atom. The highest BCUT2D eigenvalue weighted by atomic mass is 16.5. The van der Waals surface area contributed by atoms with Gasteiger partial charge in [0.2, 0.25) is 5.91 Å². The molecular weight excluding hydrogens is 230 g/mol. The van der Waals surface area contributed by atoms with E-state index in [1.807, 2.05) is 4.90 Å². The van der Waals surface area contributed by atoms with Crippen molar-refractivity contribution >= 4 is 11.9 Å². The molecule has 1 amide bonds. The van der Waals surface area contributed by atoms with E-state index in [4.69, 9.17) is 4.74 Å². The van der Waals surface area contributed by atoms with Gasteiger partial charge in [-0.25, -0.2) is 0 Å². The van der Waals surface area contributed by atoms with Crippen LogP contribution < -0.4 is 0 Å². The monoisotopic (exact) mass is 251 g/mol. The molecular formula is C14H21NO3. The second-order valence-electron chi connectivity index (χ2n) is 5.13. The van der Waals surface area contributed by atoms with Crippen LogP contribution >= 0.6 is 0 Å². The van der Waals surface area contributed by atoms with E-state index in [9.17, 15) is 9.59 Å². The fraction of sp³-hybridized carbons (Fsp3) is 0.714. The zero-order chi connectivity index (χ0) is 13.0. The number of ether oxygens (including phenoxy) is 1. The number of carbonyl (C=O) groups is 2. The van der Waals surface area contributed by atoms with Crippen molar-refractivity contribution in [3.63, 3.8) is 0 Å². The van der Waals surface area contributed by atoms with E-state index >= 15 is 0 Å². The van der Waals surface area contributed by atoms with Crippen LogP contribution in [0.3, 0.4) is 0 Å². The Morgan fingerprint density at radius 2 is 2.06 bits per heavy atom. The van der Waals surface area contributed by atoms with Crippen LogP contribution in [0.2, 0.25) is 0 Å². The predicted molar refractivity (Wildman–Crippen MR) is 67.8 cm³/mol. The number of piperidine rings is 1. The van der Waals surface area contributed by atoms with Gasteiger partial charge in [0.1, 0.15) is 0 Å². The third kappa shape index (κ3) is 2.92. The highest BCUT2D eigenvalue weighted by molar-refractivity contribution is 5.80. The lowest BCUT2D eigenvalue weighted by Gasteiger charge is -2.34. The molecule has 1 saturated heterocycles. The Balaban J connectivity index is 1.93. The smallest absolute Gasteiger partial charge is 0.310 e. The number of likely N-dealkylation sites (tertiary alicyclic amines) is 1. The van der Waals surface area contributed by atoms with E-state index in [0.717, 1.165) is 38.6 Å². The molecule has 18 heavy (non-hydrogen) atoms. The van der Waals surface area contributed by atoms with Crippen LogP contribution in [-0.2, 0) is 14.3 Å². The zero-order valence-electron chi connectivity index (χ0n) is 10.9. The Morgan fingerprint density at radius 1 is 1.22 bits per heavy atom. The average molecular weight is 251 g/mol. The normalized spacial score (nSPS) is 27.9. The van der Waals surface area contributed by atoms with Crippen molar-refractivity contribution in [2.75, 3.05) is 20.2 Å². The molecule has 0 spiro atoms. The van der Waals surface area contributed by atoms with Crippen LogP contribution in [0.25, 0.3) is 0 Å². The Hall–Kier alpha value is -1.32. The molecule has 2 rings (SSSR count). The summed E-state index contributed by atoms with van der Waals surface area (Å²) in [6.45, 7) is 1.32. The van der Waals surface area contributed by atoms with E-state index < -0.39 is 0 Å². The summed E-state index contributed by atoms with van der Waals surface area (Å²) in [5.74, 6) is 0.0159. The maximum Gasteiger partial charge on any atom is 0.310 e. The van der Waals surface area contributed by atoms with E-state index in [2.05, 4.69) is 12.2 Å². The van der Waals surface area contributed by atoms with Gasteiger partial charge in [0.15, 0.2) is 0 Å². The van der Waals surface area contributed by atoms with Crippen LogP contribution in [-0.4, -0.2) is 37.0 Å². The van der Waals surface area contributed by atoms with Gasteiger partial charge in [-0.05, 0) is 32.1 Å². The minimum absolute atomic E-state index is 0.117. The van der Waals surface area contributed by atoms with Crippen molar-refractivity contribution in [3.05, 3.63) is 12.2 Å². The van der Waals surface area contributed by atoms with Gasteiger partial charge in [-0.15, -0.1) is 0 Å². The molecule has 100 valence electrons. The van der Waals surface area contributed by atoms with E-state index in [1.165, 1.54) is 7.11 Å². The standard InChI is InChI=1S/C14H21NO3/c1-18-14(17)12-8-5-9-15(10-12)13(16)11-6-3-2-4-7-11/h2-3,11-12H,4-10H2,1H3/t11?,12-/m0/s1. The van der Waals surface area contributed by atoms with E-state index in [1.54, 1.807) is 0 Å². The third-order valence-electron chi connectivity index (χ3n) is 3.89. The zero-order valence-corrected chi connectivity index (χ0v) is 10.9. The maximum atomic E-state index is 12.3. The van der Waals surface area contributed by atoms with Crippen LogP contribution in [0.1, 0.15) is 32.1 Å². The van der Waals surface area contributed by atoms with Crippen LogP contribution in [0.4, 0.5) is 0 Å². The number of nitrogens with zero attached hydrogens (tertiary/aromatic N) is 1. The Bertz CT molecular complexity index is 351. The van der Waals surface area contributed by atoms with E-state index in [-0.39, 0.29) is 23.7 Å². The number of allylic oxidation sites excluding steroid dienone is 2. The largest absolute Gasteiger partial charge is 0.469 e. The second kappa shape index (κ2) is 6.03. The van der Waals surface area contributed by atoms with Crippen molar-refractivity contribution in [1.29, 1.82) is 0 Å². The number of amides is 1. The molecule has 0 aromatic heterocycles. The summed E-state index contributed by atoms with van der Waals surface area (Å²) in [5.41, 5.74) is 0. The lowest BCUT2D eigenvalue weighted by atomic mass is 9.91. The van der Waals surface area contributed by atoms with Gasteiger partial charge >= 0.3 is 5.97 Å². The molecule has 0 radical (unpaired) electrons. The molecule has 0 N–H and O–H groups in total. The van der Waals surface area contributed by atoms with Gasteiger partial charge in [-0.3, -0.25) is 9.59 Å². The van der Waals surface area contributed by atoms with Crippen LogP contribution in [0.15, 0.2) is 12.2 Å². The summed E-state index contributed by atoms with van der Waals surface area (Å²) in [6, 6.07) is 0. The number of carbonyl (C=O) groups excluding carboxylic acids is 2. The quantitative estimate of drug-likeness (QED) is 0.555. The summed E-state index contributed by atoms with van der Waals surface area (Å²) in [7, 11) is 1.41. The molecule has 0 bridgehead atoms. The predicted octanol–water partition coefficient (Wildman–Crippen LogP) is 1.75. The first-order chi connectivity index (χ1) is 8.72. The summed E-state index contributed by atoms with van der Waals surface area (Å²) < 4.78 is 4.78. The first kappa shape index (κ1) is 13.1. The van der Waals surface area contributed by atoms with Crippen molar-refractivity contribution in [3.8, 4) is 0 Å². The topological polar surface area (TPSA) is 46.6 Å². The molecule has 1 unspecified atom stereocenters. The van der Waals surface area contributed by atoms with Gasteiger partial charge in [0.25, 0.3) is 0 Å². The van der Waals surface area contributed by atoms with Crippen molar-refractivity contribution in [2.45, 2.75) is 32.1 Å². The first-order valence-corrected chi connectivity index (χ1v) is 6.74. The van der Waals surface area contributed by atoms with Gasteiger partial charge in [0.05, 0.1) is 13.0 Å². The highest BCUT2D eigenvalue weighted by Crippen LogP contribution is 2.24. The lowest BCUT2D eigenvalue weighted by Crippen LogP contribution is -2.45. The first-order valence-electron chi connectivity index (χ1n) is 6.74. The summed E-state index contributed by atoms with van der Waals surface area (Å²) in [6.07, 6.45) is 8.73. The SMILES string of the molecule is COC(=O)[C@H]1CCCN(C(=O)C2CC=CCC2)C1. The molecule has 2 atom stereocenters. The van der Waals surface area contributed by atoms with Gasteiger partial charge in [-0.2, -0.15) is 0 Å². The fourth-order valence-corrected chi connectivity index (χ4v) is 2.81. The number of hydrogen-bond acceptors (Lipinski definition) is 3.